The van der Waals surface area contributed by atoms with Crippen LogP contribution in [0.3, 0.4) is 0 Å². The molecule has 21 heteroatoms. The molecule has 21 nitrogen and oxygen atoms in total. The van der Waals surface area contributed by atoms with E-state index >= 15 is 0 Å². The molecule has 308 valence electrons. The van der Waals surface area contributed by atoms with Crippen molar-refractivity contribution in [3.05, 3.63) is 46.6 Å². The predicted molar refractivity (Wildman–Crippen MR) is 181 cm³/mol. The molecule has 15 atom stereocenters. The van der Waals surface area contributed by atoms with Crippen molar-refractivity contribution in [3.63, 3.8) is 0 Å². The fourth-order valence-corrected chi connectivity index (χ4v) is 6.60. The van der Waals surface area contributed by atoms with E-state index in [0.29, 0.717) is 0 Å². The number of fused-ring (bicyclic) bond motifs is 1. The third-order valence-corrected chi connectivity index (χ3v) is 9.57. The van der Waals surface area contributed by atoms with Crippen LogP contribution in [0.4, 0.5) is 0 Å². The van der Waals surface area contributed by atoms with E-state index in [1.807, 2.05) is 0 Å². The lowest BCUT2D eigenvalue weighted by molar-refractivity contribution is -0.360. The molecule has 1 aromatic heterocycles. The maximum Gasteiger partial charge on any atom is 0.303 e. The Hall–Kier alpha value is -4.20. The van der Waals surface area contributed by atoms with Gasteiger partial charge in [-0.1, -0.05) is 0 Å². The van der Waals surface area contributed by atoms with Crippen LogP contribution in [-0.2, 0) is 33.2 Å². The molecule has 0 spiro atoms. The van der Waals surface area contributed by atoms with Crippen LogP contribution in [0.5, 0.6) is 23.0 Å². The van der Waals surface area contributed by atoms with Crippen LogP contribution in [0.25, 0.3) is 22.3 Å². The summed E-state index contributed by atoms with van der Waals surface area (Å²) < 4.78 is 45.5. The summed E-state index contributed by atoms with van der Waals surface area (Å²) in [5, 5.41) is 115. The van der Waals surface area contributed by atoms with Crippen molar-refractivity contribution in [2.45, 2.75) is 106 Å². The molecule has 3 saturated heterocycles. The molecular formula is C35H42O21. The van der Waals surface area contributed by atoms with E-state index in [9.17, 15) is 65.8 Å². The Kier molecular flexibility index (Phi) is 12.4. The van der Waals surface area contributed by atoms with Gasteiger partial charge in [0.15, 0.2) is 30.5 Å². The second kappa shape index (κ2) is 16.7. The number of carbonyl (C=O) groups excluding carboxylic acids is 1. The molecule has 0 radical (unpaired) electrons. The highest BCUT2D eigenvalue weighted by molar-refractivity contribution is 5.88. The summed E-state index contributed by atoms with van der Waals surface area (Å²) in [4.78, 5) is 25.7. The minimum atomic E-state index is -2.07. The molecule has 0 saturated carbocycles. The van der Waals surface area contributed by atoms with Crippen LogP contribution in [0.1, 0.15) is 13.8 Å². The van der Waals surface area contributed by atoms with E-state index < -0.39 is 139 Å². The number of esters is 1. The molecule has 3 aliphatic rings. The number of hydrogen-bond donors (Lipinski definition) is 11. The molecular weight excluding hydrogens is 756 g/mol. The lowest BCUT2D eigenvalue weighted by atomic mass is 9.97. The maximum atomic E-state index is 14.1. The Morgan fingerprint density at radius 3 is 2.02 bits per heavy atom. The van der Waals surface area contributed by atoms with Crippen molar-refractivity contribution in [1.82, 2.24) is 0 Å². The highest BCUT2D eigenvalue weighted by atomic mass is 16.8. The van der Waals surface area contributed by atoms with Crippen molar-refractivity contribution >= 4 is 16.9 Å². The molecule has 3 aromatic rings. The Bertz CT molecular complexity index is 1900. The maximum absolute atomic E-state index is 14.1. The topological polar surface area (TPSA) is 334 Å². The van der Waals surface area contributed by atoms with E-state index in [4.69, 9.17) is 37.6 Å². The summed E-state index contributed by atoms with van der Waals surface area (Å²) in [5.41, 5.74) is -1.24. The predicted octanol–water partition coefficient (Wildman–Crippen LogP) is -3.00. The smallest absolute Gasteiger partial charge is 0.303 e. The molecule has 3 aliphatic heterocycles. The highest BCUT2D eigenvalue weighted by Gasteiger charge is 2.53. The first-order valence-electron chi connectivity index (χ1n) is 17.3. The van der Waals surface area contributed by atoms with Crippen LogP contribution in [0.15, 0.2) is 45.6 Å². The number of phenols is 3. The Morgan fingerprint density at radius 2 is 1.36 bits per heavy atom. The van der Waals surface area contributed by atoms with Gasteiger partial charge in [-0.05, 0) is 31.2 Å². The summed E-state index contributed by atoms with van der Waals surface area (Å²) in [5.74, 6) is -3.21. The zero-order chi connectivity index (χ0) is 40.7. The van der Waals surface area contributed by atoms with Gasteiger partial charge in [0.1, 0.15) is 83.2 Å². The molecule has 56 heavy (non-hydrogen) atoms. The molecule has 4 heterocycles. The molecule has 0 aliphatic carbocycles. The lowest BCUT2D eigenvalue weighted by Crippen LogP contribution is -2.65. The third kappa shape index (κ3) is 8.13. The Morgan fingerprint density at radius 1 is 0.732 bits per heavy atom. The molecule has 2 unspecified atom stereocenters. The summed E-state index contributed by atoms with van der Waals surface area (Å²) in [6.45, 7) is 0.922. The van der Waals surface area contributed by atoms with Crippen LogP contribution in [0.2, 0.25) is 0 Å². The molecule has 11 N–H and O–H groups in total. The minimum absolute atomic E-state index is 0.107. The first-order chi connectivity index (χ1) is 26.5. The van der Waals surface area contributed by atoms with Gasteiger partial charge in [0.25, 0.3) is 0 Å². The molecule has 6 rings (SSSR count). The van der Waals surface area contributed by atoms with Gasteiger partial charge < -0.3 is 93.7 Å². The average molecular weight is 799 g/mol. The normalized spacial score (nSPS) is 36.3. The zero-order valence-electron chi connectivity index (χ0n) is 29.5. The van der Waals surface area contributed by atoms with Gasteiger partial charge in [0.2, 0.25) is 17.5 Å². The van der Waals surface area contributed by atoms with Gasteiger partial charge in [-0.2, -0.15) is 0 Å². The fourth-order valence-electron chi connectivity index (χ4n) is 6.60. The molecule has 3 fully saturated rings. The summed E-state index contributed by atoms with van der Waals surface area (Å²) in [7, 11) is 0. The largest absolute Gasteiger partial charge is 0.508 e. The summed E-state index contributed by atoms with van der Waals surface area (Å²) in [6.07, 6.45) is -26.1. The first-order valence-corrected chi connectivity index (χ1v) is 17.3. The fraction of sp³-hybridized carbons (Fsp3) is 0.543. The van der Waals surface area contributed by atoms with Crippen molar-refractivity contribution in [2.75, 3.05) is 13.2 Å². The van der Waals surface area contributed by atoms with Crippen molar-refractivity contribution < 1.29 is 98.5 Å². The van der Waals surface area contributed by atoms with E-state index in [1.165, 1.54) is 31.2 Å². The second-order valence-electron chi connectivity index (χ2n) is 13.5. The number of aliphatic hydroxyl groups is 8. The van der Waals surface area contributed by atoms with E-state index in [-0.39, 0.29) is 22.7 Å². The van der Waals surface area contributed by atoms with Crippen molar-refractivity contribution in [2.24, 2.45) is 0 Å². The van der Waals surface area contributed by atoms with Gasteiger partial charge >= 0.3 is 5.97 Å². The third-order valence-electron chi connectivity index (χ3n) is 9.57. The molecule has 0 bridgehead atoms. The SMILES string of the molecule is CC(=O)O[C@H]1[C@H](O)[C@H](O)[C@H](O[C@@H]2C(Oc3c(-c4ccc(O)cc4)oc4cc(O)cc(O)c4c3=O)O[C@@H](COC3O[C@H](CO)[C@@H](O)[C@H](O)[C@H]3O)[C@H](O)[C@H]2O)O[C@@H]1C. The Labute approximate surface area is 315 Å². The monoisotopic (exact) mass is 798 g/mol. The van der Waals surface area contributed by atoms with Gasteiger partial charge in [0.05, 0.1) is 19.3 Å². The molecule has 0 amide bonds. The van der Waals surface area contributed by atoms with Crippen LogP contribution >= 0.6 is 0 Å². The number of benzene rings is 2. The van der Waals surface area contributed by atoms with E-state index in [1.54, 1.807) is 0 Å². The van der Waals surface area contributed by atoms with Gasteiger partial charge in [-0.15, -0.1) is 0 Å². The van der Waals surface area contributed by atoms with Gasteiger partial charge in [0, 0.05) is 24.6 Å². The van der Waals surface area contributed by atoms with Crippen LogP contribution in [-0.4, -0.2) is 167 Å². The number of carbonyl (C=O) groups is 1. The number of phenolic OH excluding ortho intramolecular Hbond substituents is 3. The zero-order valence-corrected chi connectivity index (χ0v) is 29.5. The van der Waals surface area contributed by atoms with Gasteiger partial charge in [-0.3, -0.25) is 9.59 Å². The van der Waals surface area contributed by atoms with Gasteiger partial charge in [-0.25, -0.2) is 0 Å². The summed E-state index contributed by atoms with van der Waals surface area (Å²) in [6, 6.07) is 7.05. The van der Waals surface area contributed by atoms with Crippen LogP contribution in [0, 0.1) is 0 Å². The van der Waals surface area contributed by atoms with E-state index in [2.05, 4.69) is 0 Å². The van der Waals surface area contributed by atoms with Crippen molar-refractivity contribution in [3.8, 4) is 34.3 Å². The number of rotatable bonds is 10. The minimum Gasteiger partial charge on any atom is -0.508 e. The van der Waals surface area contributed by atoms with Crippen molar-refractivity contribution in [1.29, 1.82) is 0 Å². The highest BCUT2D eigenvalue weighted by Crippen LogP contribution is 2.39. The number of aliphatic hydroxyl groups excluding tert-OH is 8. The first kappa shape index (κ1) is 41.4. The number of ether oxygens (including phenoxy) is 7. The molecule has 2 aromatic carbocycles. The number of aromatic hydroxyl groups is 3. The quantitative estimate of drug-likeness (QED) is 0.0911. The standard InChI is InChI=1S/C35H42O21/c1-11-29(51-12(2)37)26(46)28(48)34(50-11)56-32-25(45)22(42)19(10-49-33-27(47)24(44)21(41)18(9-36)53-33)54-35(32)55-31-23(43)20-16(40)7-15(39)8-17(20)52-30(31)13-3-5-14(38)6-4-13/h3-8,11,18-19,21-22,24-29,32-36,38-42,44-48H,9-10H2,1-2H3/t11-,18-,19+,21-,22+,24+,25-,26-,27-,28+,29-,32+,33?,34+,35?/m1/s1. The van der Waals surface area contributed by atoms with E-state index in [0.717, 1.165) is 19.1 Å². The second-order valence-corrected chi connectivity index (χ2v) is 13.5. The average Bonchev–Trinajstić information content (AvgIpc) is 3.15. The van der Waals surface area contributed by atoms with Crippen LogP contribution < -0.4 is 10.2 Å². The lowest BCUT2D eigenvalue weighted by Gasteiger charge is -2.46. The number of hydrogen-bond acceptors (Lipinski definition) is 21. The Balaban J connectivity index is 1.38. The summed E-state index contributed by atoms with van der Waals surface area (Å²) >= 11 is 0.